The highest BCUT2D eigenvalue weighted by Crippen LogP contribution is 2.40. The van der Waals surface area contributed by atoms with Gasteiger partial charge in [-0.25, -0.2) is 0 Å². The summed E-state index contributed by atoms with van der Waals surface area (Å²) in [7, 11) is -1.20. The van der Waals surface area contributed by atoms with Gasteiger partial charge in [0.25, 0.3) is 0 Å². The van der Waals surface area contributed by atoms with Crippen LogP contribution in [0.15, 0.2) is 0 Å². The van der Waals surface area contributed by atoms with Crippen molar-refractivity contribution in [3.63, 3.8) is 0 Å². The molecule has 3 nitrogen and oxygen atoms in total. The zero-order valence-corrected chi connectivity index (χ0v) is 48.0. The second kappa shape index (κ2) is 64.3. The van der Waals surface area contributed by atoms with Crippen LogP contribution in [-0.4, -0.2) is 19.8 Å². The topological polar surface area (TPSA) is 27.7 Å². The molecule has 0 heterocycles. The highest BCUT2D eigenvalue weighted by Gasteiger charge is 2.12. The Hall–Kier alpha value is 0.310. The molecule has 0 rings (SSSR count). The molecule has 404 valence electrons. The molecular weight excluding hydrogens is 836 g/mol. The van der Waals surface area contributed by atoms with Gasteiger partial charge in [0.1, 0.15) is 0 Å². The molecule has 0 aliphatic heterocycles. The molecule has 0 aromatic heterocycles. The molecule has 0 saturated carbocycles. The minimum Gasteiger partial charge on any atom is -0.312 e. The fraction of sp³-hybridized carbons (Fsp3) is 1.00. The van der Waals surface area contributed by atoms with E-state index in [4.69, 9.17) is 13.6 Å². The molecule has 0 aliphatic carbocycles. The predicted octanol–water partition coefficient (Wildman–Crippen LogP) is 24.6. The quantitative estimate of drug-likeness (QED) is 0.0449. The number of hydrogen-bond acceptors (Lipinski definition) is 3. The average molecular weight is 966 g/mol. The first-order chi connectivity index (χ1) is 33.3. The van der Waals surface area contributed by atoms with Crippen LogP contribution in [0, 0.1) is 0 Å². The van der Waals surface area contributed by atoms with Gasteiger partial charge in [-0.05, 0) is 19.3 Å². The van der Waals surface area contributed by atoms with E-state index in [-0.39, 0.29) is 0 Å². The summed E-state index contributed by atoms with van der Waals surface area (Å²) in [5, 5.41) is 0. The van der Waals surface area contributed by atoms with Crippen molar-refractivity contribution < 1.29 is 13.6 Å². The van der Waals surface area contributed by atoms with Crippen LogP contribution in [0.25, 0.3) is 0 Å². The zero-order valence-electron chi connectivity index (χ0n) is 47.1. The normalized spacial score (nSPS) is 11.8. The summed E-state index contributed by atoms with van der Waals surface area (Å²) in [5.74, 6) is 0. The molecule has 4 heteroatoms. The summed E-state index contributed by atoms with van der Waals surface area (Å²) < 4.78 is 18.8. The minimum absolute atomic E-state index is 0.795. The molecule has 0 radical (unpaired) electrons. The van der Waals surface area contributed by atoms with E-state index in [9.17, 15) is 0 Å². The Bertz CT molecular complexity index is 718. The SMILES string of the molecule is CCCCCCCCCCCCCCCCCCCCCOP(OCCCCCCCCCCCCCCCCCCCCC)OCCCCCCCCCCCCCCCCCCCCC. The van der Waals surface area contributed by atoms with E-state index in [1.807, 2.05) is 0 Å². The van der Waals surface area contributed by atoms with Crippen molar-refractivity contribution in [3.05, 3.63) is 0 Å². The van der Waals surface area contributed by atoms with E-state index in [2.05, 4.69) is 20.8 Å². The lowest BCUT2D eigenvalue weighted by Gasteiger charge is -2.17. The van der Waals surface area contributed by atoms with Crippen molar-refractivity contribution in [2.45, 2.75) is 387 Å². The second-order valence-corrected chi connectivity index (χ2v) is 23.0. The van der Waals surface area contributed by atoms with Crippen LogP contribution in [0.2, 0.25) is 0 Å². The summed E-state index contributed by atoms with van der Waals surface area (Å²) in [6, 6.07) is 0. The van der Waals surface area contributed by atoms with Crippen LogP contribution in [-0.2, 0) is 13.6 Å². The summed E-state index contributed by atoms with van der Waals surface area (Å²) in [6.07, 6.45) is 80.6. The second-order valence-electron chi connectivity index (χ2n) is 21.8. The molecule has 0 aliphatic rings. The van der Waals surface area contributed by atoms with Crippen molar-refractivity contribution in [1.29, 1.82) is 0 Å². The molecule has 0 atom stereocenters. The molecule has 0 aromatic rings. The number of unbranched alkanes of at least 4 members (excludes halogenated alkanes) is 54. The van der Waals surface area contributed by atoms with Crippen molar-refractivity contribution in [2.24, 2.45) is 0 Å². The third-order valence-electron chi connectivity index (χ3n) is 14.8. The van der Waals surface area contributed by atoms with E-state index in [0.717, 1.165) is 39.1 Å². The van der Waals surface area contributed by atoms with Crippen molar-refractivity contribution in [2.75, 3.05) is 19.8 Å². The first-order valence-electron chi connectivity index (χ1n) is 32.0. The van der Waals surface area contributed by atoms with Crippen LogP contribution in [0.3, 0.4) is 0 Å². The van der Waals surface area contributed by atoms with Gasteiger partial charge in [0, 0.05) is 0 Å². The zero-order chi connectivity index (χ0) is 48.1. The monoisotopic (exact) mass is 965 g/mol. The van der Waals surface area contributed by atoms with Gasteiger partial charge in [-0.3, -0.25) is 0 Å². The first kappa shape index (κ1) is 67.3. The highest BCUT2D eigenvalue weighted by molar-refractivity contribution is 7.41. The van der Waals surface area contributed by atoms with E-state index in [1.54, 1.807) is 0 Å². The molecule has 0 amide bonds. The van der Waals surface area contributed by atoms with Gasteiger partial charge in [0.05, 0.1) is 19.8 Å². The fourth-order valence-electron chi connectivity index (χ4n) is 10.1. The minimum atomic E-state index is -1.20. The molecular formula is C63H129O3P. The largest absolute Gasteiger partial charge is 0.332 e. The standard InChI is InChI=1S/C63H129O3P/c1-4-7-10-13-16-19-22-25-28-31-34-37-40-43-46-49-52-55-58-61-64-67(65-62-59-56-53-50-47-44-41-38-35-32-29-26-23-20-17-14-11-8-5-2)66-63-60-57-54-51-48-45-42-39-36-33-30-27-24-21-18-15-12-9-6-3/h4-63H2,1-3H3. The first-order valence-corrected chi connectivity index (χ1v) is 33.1. The Morgan fingerprint density at radius 1 is 0.149 bits per heavy atom. The number of rotatable bonds is 63. The van der Waals surface area contributed by atoms with Crippen LogP contribution in [0.1, 0.15) is 387 Å². The van der Waals surface area contributed by atoms with Gasteiger partial charge in [0.2, 0.25) is 0 Å². The molecule has 0 spiro atoms. The molecule has 67 heavy (non-hydrogen) atoms. The van der Waals surface area contributed by atoms with Crippen LogP contribution in [0.4, 0.5) is 0 Å². The smallest absolute Gasteiger partial charge is 0.312 e. The van der Waals surface area contributed by atoms with Crippen LogP contribution in [0.5, 0.6) is 0 Å². The average Bonchev–Trinajstić information content (AvgIpc) is 3.34. The molecule has 0 N–H and O–H groups in total. The van der Waals surface area contributed by atoms with Crippen molar-refractivity contribution in [3.8, 4) is 0 Å². The maximum Gasteiger partial charge on any atom is 0.332 e. The van der Waals surface area contributed by atoms with Gasteiger partial charge in [0.15, 0.2) is 0 Å². The summed E-state index contributed by atoms with van der Waals surface area (Å²) in [4.78, 5) is 0. The van der Waals surface area contributed by atoms with Gasteiger partial charge >= 0.3 is 8.60 Å². The maximum atomic E-state index is 6.28. The Balaban J connectivity index is 3.97. The molecule has 0 aromatic carbocycles. The fourth-order valence-corrected chi connectivity index (χ4v) is 11.1. The van der Waals surface area contributed by atoms with Gasteiger partial charge in [-0.15, -0.1) is 0 Å². The van der Waals surface area contributed by atoms with Crippen LogP contribution >= 0.6 is 8.60 Å². The lowest BCUT2D eigenvalue weighted by molar-refractivity contribution is 0.153. The van der Waals surface area contributed by atoms with Gasteiger partial charge in [-0.2, -0.15) is 0 Å². The van der Waals surface area contributed by atoms with Crippen molar-refractivity contribution >= 4 is 8.60 Å². The predicted molar refractivity (Wildman–Crippen MR) is 305 cm³/mol. The van der Waals surface area contributed by atoms with E-state index < -0.39 is 8.60 Å². The van der Waals surface area contributed by atoms with E-state index in [0.29, 0.717) is 0 Å². The van der Waals surface area contributed by atoms with E-state index in [1.165, 1.54) is 347 Å². The third kappa shape index (κ3) is 62.4. The Morgan fingerprint density at radius 2 is 0.254 bits per heavy atom. The molecule has 0 bridgehead atoms. The summed E-state index contributed by atoms with van der Waals surface area (Å²) in [5.41, 5.74) is 0. The summed E-state index contributed by atoms with van der Waals surface area (Å²) >= 11 is 0. The lowest BCUT2D eigenvalue weighted by Crippen LogP contribution is -2.00. The lowest BCUT2D eigenvalue weighted by atomic mass is 10.0. The Kier molecular flexibility index (Phi) is 64.6. The van der Waals surface area contributed by atoms with Crippen molar-refractivity contribution in [1.82, 2.24) is 0 Å². The molecule has 0 unspecified atom stereocenters. The van der Waals surface area contributed by atoms with Crippen LogP contribution < -0.4 is 0 Å². The molecule has 0 saturated heterocycles. The van der Waals surface area contributed by atoms with E-state index >= 15 is 0 Å². The Labute approximate surface area is 426 Å². The Morgan fingerprint density at radius 3 is 0.373 bits per heavy atom. The highest BCUT2D eigenvalue weighted by atomic mass is 31.2. The third-order valence-corrected chi connectivity index (χ3v) is 16.0. The maximum absolute atomic E-state index is 6.28. The summed E-state index contributed by atoms with van der Waals surface area (Å²) in [6.45, 7) is 9.32. The molecule has 0 fully saturated rings. The number of hydrogen-bond donors (Lipinski definition) is 0. The van der Waals surface area contributed by atoms with Gasteiger partial charge < -0.3 is 13.6 Å². The van der Waals surface area contributed by atoms with Gasteiger partial charge in [-0.1, -0.05) is 367 Å².